The summed E-state index contributed by atoms with van der Waals surface area (Å²) in [5, 5.41) is 1.05. The Labute approximate surface area is 87.9 Å². The van der Waals surface area contributed by atoms with Crippen LogP contribution in [0.1, 0.15) is 5.56 Å². The lowest BCUT2D eigenvalue weighted by Gasteiger charge is -2.06. The maximum absolute atomic E-state index is 10.4. The first-order chi connectivity index (χ1) is 7.31. The first-order valence-corrected chi connectivity index (χ1v) is 4.77. The van der Waals surface area contributed by atoms with Gasteiger partial charge in [-0.25, -0.2) is 0 Å². The van der Waals surface area contributed by atoms with Crippen LogP contribution in [0.25, 0.3) is 10.9 Å². The van der Waals surface area contributed by atoms with Gasteiger partial charge in [0.2, 0.25) is 6.29 Å². The average molecular weight is 199 g/mol. The monoisotopic (exact) mass is 199 g/mol. The molecule has 0 fully saturated rings. The van der Waals surface area contributed by atoms with Crippen molar-refractivity contribution < 1.29 is 4.79 Å². The lowest BCUT2D eigenvalue weighted by molar-refractivity contribution is 0.541. The van der Waals surface area contributed by atoms with Crippen LogP contribution in [-0.2, 0) is 11.2 Å². The maximum Gasteiger partial charge on any atom is 0.217 e. The topological polar surface area (TPSA) is 56.0 Å². The van der Waals surface area contributed by atoms with Gasteiger partial charge in [-0.3, -0.25) is 9.78 Å². The number of aromatic nitrogens is 1. The Kier molecular flexibility index (Phi) is 2.74. The number of rotatable bonds is 3. The van der Waals surface area contributed by atoms with E-state index in [1.807, 2.05) is 30.3 Å². The number of para-hydroxylation sites is 1. The molecule has 75 valence electrons. The van der Waals surface area contributed by atoms with Crippen molar-refractivity contribution in [3.8, 4) is 0 Å². The smallest absolute Gasteiger partial charge is 0.217 e. The second-order valence-electron chi connectivity index (χ2n) is 3.42. The Morgan fingerprint density at radius 2 is 2.13 bits per heavy atom. The molecule has 0 amide bonds. The lowest BCUT2D eigenvalue weighted by Crippen LogP contribution is -2.24. The molecule has 0 saturated carbocycles. The average Bonchev–Trinajstić information content (AvgIpc) is 2.29. The quantitative estimate of drug-likeness (QED) is 0.808. The van der Waals surface area contributed by atoms with Crippen LogP contribution in [0, 0.1) is 0 Å². The molecule has 1 atom stereocenters. The third-order valence-corrected chi connectivity index (χ3v) is 2.33. The van der Waals surface area contributed by atoms with E-state index in [0.29, 0.717) is 6.42 Å². The van der Waals surface area contributed by atoms with Gasteiger partial charge in [0.1, 0.15) is 0 Å². The number of nitrogens with two attached hydrogens (primary N) is 1. The highest BCUT2D eigenvalue weighted by Gasteiger charge is 2.06. The molecule has 0 bridgehead atoms. The molecule has 0 saturated heterocycles. The normalized spacial score (nSPS) is 12.6. The SMILES string of the molecule is N[C@H]([C]=O)Cc1ccnc2ccccc12. The lowest BCUT2D eigenvalue weighted by atomic mass is 10.0. The number of pyridine rings is 1. The number of hydrogen-bond acceptors (Lipinski definition) is 3. The highest BCUT2D eigenvalue weighted by Crippen LogP contribution is 2.16. The molecular formula is C12H11N2O. The summed E-state index contributed by atoms with van der Waals surface area (Å²) in [7, 11) is 0. The Hall–Kier alpha value is -1.74. The fraction of sp³-hybridized carbons (Fsp3) is 0.167. The van der Waals surface area contributed by atoms with Gasteiger partial charge < -0.3 is 5.73 Å². The fourth-order valence-electron chi connectivity index (χ4n) is 1.61. The summed E-state index contributed by atoms with van der Waals surface area (Å²) in [5.41, 5.74) is 7.51. The van der Waals surface area contributed by atoms with Gasteiger partial charge in [-0.2, -0.15) is 0 Å². The van der Waals surface area contributed by atoms with Crippen molar-refractivity contribution in [1.82, 2.24) is 4.98 Å². The van der Waals surface area contributed by atoms with E-state index < -0.39 is 6.04 Å². The van der Waals surface area contributed by atoms with Crippen molar-refractivity contribution in [3.05, 3.63) is 42.1 Å². The minimum Gasteiger partial charge on any atom is -0.321 e. The van der Waals surface area contributed by atoms with E-state index in [0.717, 1.165) is 16.5 Å². The van der Waals surface area contributed by atoms with E-state index in [2.05, 4.69) is 4.98 Å². The molecule has 1 heterocycles. The molecule has 0 spiro atoms. The maximum atomic E-state index is 10.4. The molecule has 0 aliphatic rings. The third-order valence-electron chi connectivity index (χ3n) is 2.33. The molecular weight excluding hydrogens is 188 g/mol. The predicted octanol–water partition coefficient (Wildman–Crippen LogP) is 1.21. The Morgan fingerprint density at radius 3 is 2.93 bits per heavy atom. The summed E-state index contributed by atoms with van der Waals surface area (Å²) in [6.45, 7) is 0. The van der Waals surface area contributed by atoms with Crippen LogP contribution in [0.5, 0.6) is 0 Å². The van der Waals surface area contributed by atoms with Crippen LogP contribution in [0.3, 0.4) is 0 Å². The summed E-state index contributed by atoms with van der Waals surface area (Å²) in [5.74, 6) is 0. The van der Waals surface area contributed by atoms with Gasteiger partial charge in [-0.05, 0) is 24.1 Å². The summed E-state index contributed by atoms with van der Waals surface area (Å²) >= 11 is 0. The summed E-state index contributed by atoms with van der Waals surface area (Å²) in [6, 6.07) is 9.13. The van der Waals surface area contributed by atoms with Gasteiger partial charge in [0.05, 0.1) is 11.6 Å². The van der Waals surface area contributed by atoms with E-state index in [-0.39, 0.29) is 0 Å². The number of carbonyl (C=O) groups excluding carboxylic acids is 1. The number of benzene rings is 1. The van der Waals surface area contributed by atoms with Crippen LogP contribution >= 0.6 is 0 Å². The first kappa shape index (κ1) is 9.80. The molecule has 1 aromatic carbocycles. The van der Waals surface area contributed by atoms with Crippen LogP contribution in [0.2, 0.25) is 0 Å². The van der Waals surface area contributed by atoms with Gasteiger partial charge in [0, 0.05) is 11.6 Å². The molecule has 2 rings (SSSR count). The summed E-state index contributed by atoms with van der Waals surface area (Å²) < 4.78 is 0. The van der Waals surface area contributed by atoms with E-state index in [9.17, 15) is 4.79 Å². The molecule has 15 heavy (non-hydrogen) atoms. The van der Waals surface area contributed by atoms with Crippen molar-refractivity contribution in [2.75, 3.05) is 0 Å². The Bertz CT molecular complexity index is 477. The van der Waals surface area contributed by atoms with Gasteiger partial charge in [-0.1, -0.05) is 18.2 Å². The van der Waals surface area contributed by atoms with E-state index >= 15 is 0 Å². The van der Waals surface area contributed by atoms with Crippen LogP contribution in [0.4, 0.5) is 0 Å². The zero-order valence-corrected chi connectivity index (χ0v) is 8.18. The van der Waals surface area contributed by atoms with Gasteiger partial charge >= 0.3 is 0 Å². The predicted molar refractivity (Wildman–Crippen MR) is 59.1 cm³/mol. The Morgan fingerprint density at radius 1 is 1.33 bits per heavy atom. The largest absolute Gasteiger partial charge is 0.321 e. The summed E-state index contributed by atoms with van der Waals surface area (Å²) in [4.78, 5) is 14.6. The first-order valence-electron chi connectivity index (χ1n) is 4.77. The van der Waals surface area contributed by atoms with Crippen LogP contribution in [-0.4, -0.2) is 17.3 Å². The molecule has 0 unspecified atom stereocenters. The second kappa shape index (κ2) is 4.19. The Balaban J connectivity index is 2.46. The van der Waals surface area contributed by atoms with E-state index in [1.54, 1.807) is 12.5 Å². The molecule has 0 aliphatic heterocycles. The minimum atomic E-state index is -0.559. The number of hydrogen-bond donors (Lipinski definition) is 1. The second-order valence-corrected chi connectivity index (χ2v) is 3.42. The number of fused-ring (bicyclic) bond motifs is 1. The van der Waals surface area contributed by atoms with Gasteiger partial charge in [0.25, 0.3) is 0 Å². The van der Waals surface area contributed by atoms with Gasteiger partial charge in [0.15, 0.2) is 0 Å². The highest BCUT2D eigenvalue weighted by atomic mass is 16.1. The molecule has 3 nitrogen and oxygen atoms in total. The summed E-state index contributed by atoms with van der Waals surface area (Å²) in [6.07, 6.45) is 4.02. The highest BCUT2D eigenvalue weighted by molar-refractivity contribution is 5.82. The zero-order chi connectivity index (χ0) is 10.7. The van der Waals surface area contributed by atoms with Crippen molar-refractivity contribution in [3.63, 3.8) is 0 Å². The van der Waals surface area contributed by atoms with Crippen molar-refractivity contribution in [2.24, 2.45) is 5.73 Å². The van der Waals surface area contributed by atoms with Crippen LogP contribution < -0.4 is 5.73 Å². The minimum absolute atomic E-state index is 0.506. The van der Waals surface area contributed by atoms with Crippen molar-refractivity contribution in [2.45, 2.75) is 12.5 Å². The molecule has 0 aliphatic carbocycles. The molecule has 2 N–H and O–H groups in total. The van der Waals surface area contributed by atoms with Crippen LogP contribution in [0.15, 0.2) is 36.5 Å². The fourth-order valence-corrected chi connectivity index (χ4v) is 1.61. The molecule has 3 heteroatoms. The number of nitrogens with zero attached hydrogens (tertiary/aromatic N) is 1. The van der Waals surface area contributed by atoms with Crippen molar-refractivity contribution in [1.29, 1.82) is 0 Å². The molecule has 2 aromatic rings. The zero-order valence-electron chi connectivity index (χ0n) is 8.18. The van der Waals surface area contributed by atoms with E-state index in [1.165, 1.54) is 0 Å². The standard InChI is InChI=1S/C12H11N2O/c13-10(8-15)7-9-5-6-14-12-4-2-1-3-11(9)12/h1-6,10H,7,13H2/t10-/m0/s1. The van der Waals surface area contributed by atoms with E-state index in [4.69, 9.17) is 5.73 Å². The van der Waals surface area contributed by atoms with Crippen molar-refractivity contribution >= 4 is 17.2 Å². The molecule has 1 aromatic heterocycles. The third kappa shape index (κ3) is 2.02. The van der Waals surface area contributed by atoms with Gasteiger partial charge in [-0.15, -0.1) is 0 Å². The molecule has 1 radical (unpaired) electrons.